The van der Waals surface area contributed by atoms with E-state index in [1.807, 2.05) is 6.92 Å². The topological polar surface area (TPSA) is 70.0 Å². The van der Waals surface area contributed by atoms with Gasteiger partial charge < -0.3 is 14.9 Å². The highest BCUT2D eigenvalue weighted by atomic mass is 16.5. The normalized spacial score (nSPS) is 11.2. The Morgan fingerprint density at radius 3 is 2.57 bits per heavy atom. The Labute approximate surface area is 83.6 Å². The Morgan fingerprint density at radius 2 is 2.21 bits per heavy atom. The Balaban J connectivity index is 4.54. The lowest BCUT2D eigenvalue weighted by atomic mass is 10.2. The SMILES string of the molecule is CCC/C(=C/OC)N(CCO)C(=O)O. The van der Waals surface area contributed by atoms with E-state index in [1.54, 1.807) is 0 Å². The lowest BCUT2D eigenvalue weighted by Gasteiger charge is -2.20. The van der Waals surface area contributed by atoms with Gasteiger partial charge in [0.05, 0.1) is 26.0 Å². The van der Waals surface area contributed by atoms with Crippen molar-refractivity contribution in [3.63, 3.8) is 0 Å². The van der Waals surface area contributed by atoms with Crippen LogP contribution in [0.2, 0.25) is 0 Å². The minimum Gasteiger partial charge on any atom is -0.503 e. The van der Waals surface area contributed by atoms with Crippen LogP contribution in [0.15, 0.2) is 12.0 Å². The average molecular weight is 203 g/mol. The number of nitrogens with zero attached hydrogens (tertiary/aromatic N) is 1. The zero-order valence-corrected chi connectivity index (χ0v) is 8.56. The van der Waals surface area contributed by atoms with Crippen molar-refractivity contribution in [2.75, 3.05) is 20.3 Å². The van der Waals surface area contributed by atoms with Crippen molar-refractivity contribution >= 4 is 6.09 Å². The minimum atomic E-state index is -1.07. The highest BCUT2D eigenvalue weighted by Crippen LogP contribution is 2.11. The smallest absolute Gasteiger partial charge is 0.411 e. The number of aliphatic hydroxyl groups excluding tert-OH is 1. The van der Waals surface area contributed by atoms with E-state index in [-0.39, 0.29) is 13.2 Å². The summed E-state index contributed by atoms with van der Waals surface area (Å²) >= 11 is 0. The van der Waals surface area contributed by atoms with Gasteiger partial charge in [0, 0.05) is 0 Å². The van der Waals surface area contributed by atoms with Crippen molar-refractivity contribution < 1.29 is 19.7 Å². The third kappa shape index (κ3) is 4.13. The van der Waals surface area contributed by atoms with Crippen molar-refractivity contribution in [2.45, 2.75) is 19.8 Å². The molecular formula is C9H17NO4. The van der Waals surface area contributed by atoms with Crippen LogP contribution in [0.1, 0.15) is 19.8 Å². The van der Waals surface area contributed by atoms with Gasteiger partial charge >= 0.3 is 6.09 Å². The third-order valence-electron chi connectivity index (χ3n) is 1.66. The molecule has 0 bridgehead atoms. The van der Waals surface area contributed by atoms with Gasteiger partial charge in [-0.2, -0.15) is 0 Å². The first-order valence-corrected chi connectivity index (χ1v) is 4.50. The molecule has 0 aromatic heterocycles. The molecule has 0 atom stereocenters. The number of hydrogen-bond donors (Lipinski definition) is 2. The van der Waals surface area contributed by atoms with Crippen LogP contribution in [0.25, 0.3) is 0 Å². The molecule has 5 heteroatoms. The van der Waals surface area contributed by atoms with Crippen LogP contribution in [0.4, 0.5) is 4.79 Å². The number of aliphatic hydroxyl groups is 1. The summed E-state index contributed by atoms with van der Waals surface area (Å²) in [6.07, 6.45) is 1.76. The zero-order valence-electron chi connectivity index (χ0n) is 8.56. The number of rotatable bonds is 6. The quantitative estimate of drug-likeness (QED) is 0.637. The lowest BCUT2D eigenvalue weighted by Crippen LogP contribution is -2.31. The van der Waals surface area contributed by atoms with Crippen molar-refractivity contribution in [1.29, 1.82) is 0 Å². The van der Waals surface area contributed by atoms with Gasteiger partial charge in [-0.1, -0.05) is 13.3 Å². The van der Waals surface area contributed by atoms with E-state index >= 15 is 0 Å². The molecule has 0 fully saturated rings. The number of amides is 1. The molecule has 2 N–H and O–H groups in total. The second-order valence-corrected chi connectivity index (χ2v) is 2.75. The van der Waals surface area contributed by atoms with E-state index in [0.717, 1.165) is 11.3 Å². The molecular weight excluding hydrogens is 186 g/mol. The van der Waals surface area contributed by atoms with E-state index in [4.69, 9.17) is 14.9 Å². The maximum atomic E-state index is 10.8. The Morgan fingerprint density at radius 1 is 1.57 bits per heavy atom. The number of allylic oxidation sites excluding steroid dienone is 1. The van der Waals surface area contributed by atoms with Crippen molar-refractivity contribution in [2.24, 2.45) is 0 Å². The van der Waals surface area contributed by atoms with Crippen LogP contribution in [0, 0.1) is 0 Å². The van der Waals surface area contributed by atoms with Crippen LogP contribution in [-0.4, -0.2) is 41.5 Å². The summed E-state index contributed by atoms with van der Waals surface area (Å²) in [7, 11) is 1.47. The first kappa shape index (κ1) is 12.8. The van der Waals surface area contributed by atoms with E-state index < -0.39 is 6.09 Å². The molecule has 0 spiro atoms. The van der Waals surface area contributed by atoms with Crippen LogP contribution in [0.5, 0.6) is 0 Å². The highest BCUT2D eigenvalue weighted by molar-refractivity contribution is 5.67. The Bertz CT molecular complexity index is 203. The predicted octanol–water partition coefficient (Wildman–Crippen LogP) is 1.25. The number of carbonyl (C=O) groups is 1. The van der Waals surface area contributed by atoms with Crippen LogP contribution in [0.3, 0.4) is 0 Å². The summed E-state index contributed by atoms with van der Waals surface area (Å²) < 4.78 is 4.79. The monoisotopic (exact) mass is 203 g/mol. The first-order valence-electron chi connectivity index (χ1n) is 4.50. The molecule has 0 aliphatic rings. The standard InChI is InChI=1S/C9H17NO4/c1-3-4-8(7-14-2)10(5-6-11)9(12)13/h7,11H,3-6H2,1-2H3,(H,12,13)/b8-7-. The van der Waals surface area contributed by atoms with Gasteiger partial charge in [0.25, 0.3) is 0 Å². The molecule has 82 valence electrons. The molecule has 0 aromatic carbocycles. The lowest BCUT2D eigenvalue weighted by molar-refractivity contribution is 0.142. The molecule has 0 radical (unpaired) electrons. The summed E-state index contributed by atoms with van der Waals surface area (Å²) in [6.45, 7) is 1.82. The molecule has 0 aliphatic heterocycles. The molecule has 0 rings (SSSR count). The van der Waals surface area contributed by atoms with Gasteiger partial charge in [-0.3, -0.25) is 4.90 Å². The van der Waals surface area contributed by atoms with E-state index in [2.05, 4.69) is 0 Å². The van der Waals surface area contributed by atoms with Crippen molar-refractivity contribution in [1.82, 2.24) is 4.90 Å². The first-order chi connectivity index (χ1) is 6.67. The molecule has 0 aliphatic carbocycles. The summed E-state index contributed by atoms with van der Waals surface area (Å²) in [6, 6.07) is 0. The van der Waals surface area contributed by atoms with Gasteiger partial charge in [0.15, 0.2) is 0 Å². The molecule has 0 unspecified atom stereocenters. The molecule has 0 heterocycles. The van der Waals surface area contributed by atoms with E-state index in [0.29, 0.717) is 12.1 Å². The zero-order chi connectivity index (χ0) is 11.0. The second-order valence-electron chi connectivity index (χ2n) is 2.75. The average Bonchev–Trinajstić information content (AvgIpc) is 2.13. The number of hydrogen-bond acceptors (Lipinski definition) is 3. The molecule has 1 amide bonds. The van der Waals surface area contributed by atoms with Crippen molar-refractivity contribution in [3.8, 4) is 0 Å². The predicted molar refractivity (Wildman–Crippen MR) is 51.8 cm³/mol. The second kappa shape index (κ2) is 7.20. The number of methoxy groups -OCH3 is 1. The molecule has 14 heavy (non-hydrogen) atoms. The summed E-state index contributed by atoms with van der Waals surface area (Å²) in [5, 5.41) is 17.5. The minimum absolute atomic E-state index is 0.0739. The summed E-state index contributed by atoms with van der Waals surface area (Å²) in [4.78, 5) is 11.9. The molecule has 0 saturated heterocycles. The van der Waals surface area contributed by atoms with E-state index in [1.165, 1.54) is 13.4 Å². The van der Waals surface area contributed by atoms with Gasteiger partial charge in [-0.25, -0.2) is 4.79 Å². The maximum absolute atomic E-state index is 10.8. The van der Waals surface area contributed by atoms with Gasteiger partial charge in [-0.05, 0) is 6.42 Å². The van der Waals surface area contributed by atoms with Crippen molar-refractivity contribution in [3.05, 3.63) is 12.0 Å². The van der Waals surface area contributed by atoms with Crippen LogP contribution >= 0.6 is 0 Å². The third-order valence-corrected chi connectivity index (χ3v) is 1.66. The van der Waals surface area contributed by atoms with Gasteiger partial charge in [0.2, 0.25) is 0 Å². The maximum Gasteiger partial charge on any atom is 0.411 e. The Kier molecular flexibility index (Phi) is 6.57. The van der Waals surface area contributed by atoms with Crippen LogP contribution in [-0.2, 0) is 4.74 Å². The van der Waals surface area contributed by atoms with Gasteiger partial charge in [-0.15, -0.1) is 0 Å². The van der Waals surface area contributed by atoms with E-state index in [9.17, 15) is 4.79 Å². The fraction of sp³-hybridized carbons (Fsp3) is 0.667. The fourth-order valence-electron chi connectivity index (χ4n) is 1.11. The summed E-state index contributed by atoms with van der Waals surface area (Å²) in [5.41, 5.74) is 0.566. The molecule has 0 saturated carbocycles. The number of carboxylic acid groups (broad SMARTS) is 1. The Hall–Kier alpha value is -1.23. The highest BCUT2D eigenvalue weighted by Gasteiger charge is 2.15. The molecule has 0 aromatic rings. The number of ether oxygens (including phenoxy) is 1. The fourth-order valence-corrected chi connectivity index (χ4v) is 1.11. The largest absolute Gasteiger partial charge is 0.503 e. The van der Waals surface area contributed by atoms with Gasteiger partial charge in [0.1, 0.15) is 6.26 Å². The molecule has 5 nitrogen and oxygen atoms in total. The summed E-state index contributed by atoms with van der Waals surface area (Å²) in [5.74, 6) is 0. The van der Waals surface area contributed by atoms with Crippen LogP contribution < -0.4 is 0 Å².